The first kappa shape index (κ1) is 28.2. The molecule has 0 radical (unpaired) electrons. The summed E-state index contributed by atoms with van der Waals surface area (Å²) < 4.78 is 11.4. The molecule has 2 N–H and O–H groups in total. The highest BCUT2D eigenvalue weighted by atomic mass is 16.5. The van der Waals surface area contributed by atoms with Crippen LogP contribution in [0.4, 0.5) is 10.5 Å². The number of urea groups is 1. The standard InChI is InChI=1S/C29H38N4O6/c1-2-26(28(35)36)39-25-18-23(19-30-20-25)31-29(37)33-14-12-32(13-15-33)27(34)22-9-6-10-24(17-22)38-16-11-21-7-4-3-5-8-21/h6,9-10,17-21,26H,2-5,7-8,11-16H2,1H3,(H,31,37)(H,35,36). The van der Waals surface area contributed by atoms with E-state index in [0.29, 0.717) is 56.2 Å². The molecule has 1 aromatic heterocycles. The lowest BCUT2D eigenvalue weighted by molar-refractivity contribution is -0.145. The highest BCUT2D eigenvalue weighted by molar-refractivity contribution is 5.95. The van der Waals surface area contributed by atoms with Crippen LogP contribution in [0.15, 0.2) is 42.7 Å². The maximum Gasteiger partial charge on any atom is 0.344 e. The van der Waals surface area contributed by atoms with Crippen molar-refractivity contribution in [1.82, 2.24) is 14.8 Å². The van der Waals surface area contributed by atoms with E-state index >= 15 is 0 Å². The number of piperazine rings is 1. The molecule has 1 unspecified atom stereocenters. The zero-order valence-electron chi connectivity index (χ0n) is 22.5. The number of benzene rings is 1. The lowest BCUT2D eigenvalue weighted by Crippen LogP contribution is -2.51. The van der Waals surface area contributed by atoms with E-state index in [2.05, 4.69) is 10.3 Å². The first-order valence-corrected chi connectivity index (χ1v) is 13.9. The van der Waals surface area contributed by atoms with Crippen LogP contribution >= 0.6 is 0 Å². The molecule has 1 aliphatic carbocycles. The van der Waals surface area contributed by atoms with Crippen molar-refractivity contribution in [3.8, 4) is 11.5 Å². The smallest absolute Gasteiger partial charge is 0.344 e. The number of carboxylic acids is 1. The fourth-order valence-corrected chi connectivity index (χ4v) is 5.06. The third kappa shape index (κ3) is 8.08. The highest BCUT2D eigenvalue weighted by Crippen LogP contribution is 2.27. The Morgan fingerprint density at radius 3 is 2.49 bits per heavy atom. The van der Waals surface area contributed by atoms with Crippen molar-refractivity contribution in [2.24, 2.45) is 5.92 Å². The minimum atomic E-state index is -1.06. The molecule has 1 saturated carbocycles. The van der Waals surface area contributed by atoms with Crippen molar-refractivity contribution in [3.05, 3.63) is 48.3 Å². The number of nitrogens with zero attached hydrogens (tertiary/aromatic N) is 3. The first-order chi connectivity index (χ1) is 18.9. The Morgan fingerprint density at radius 1 is 1.03 bits per heavy atom. The van der Waals surface area contributed by atoms with Gasteiger partial charge in [0.25, 0.3) is 5.91 Å². The highest BCUT2D eigenvalue weighted by Gasteiger charge is 2.25. The number of aromatic nitrogens is 1. The molecular weight excluding hydrogens is 500 g/mol. The number of carboxylic acid groups (broad SMARTS) is 1. The summed E-state index contributed by atoms with van der Waals surface area (Å²) in [5, 5.41) is 12.0. The van der Waals surface area contributed by atoms with Gasteiger partial charge in [0.1, 0.15) is 11.5 Å². The molecule has 2 heterocycles. The molecule has 1 aromatic carbocycles. The lowest BCUT2D eigenvalue weighted by Gasteiger charge is -2.34. The van der Waals surface area contributed by atoms with E-state index in [0.717, 1.165) is 12.3 Å². The second-order valence-corrected chi connectivity index (χ2v) is 10.1. The fourth-order valence-electron chi connectivity index (χ4n) is 5.06. The predicted octanol–water partition coefficient (Wildman–Crippen LogP) is 4.66. The summed E-state index contributed by atoms with van der Waals surface area (Å²) in [6.07, 6.45) is 9.79. The summed E-state index contributed by atoms with van der Waals surface area (Å²) in [7, 11) is 0. The SMILES string of the molecule is CCC(Oc1cncc(NC(=O)N2CCN(C(=O)c3cccc(OCCC4CCCCC4)c3)CC2)c1)C(=O)O. The Bertz CT molecular complexity index is 1130. The molecule has 1 atom stereocenters. The number of ether oxygens (including phenoxy) is 2. The fraction of sp³-hybridized carbons (Fsp3) is 0.517. The van der Waals surface area contributed by atoms with Gasteiger partial charge in [0.2, 0.25) is 0 Å². The molecule has 10 heteroatoms. The van der Waals surface area contributed by atoms with Gasteiger partial charge in [0.15, 0.2) is 6.10 Å². The van der Waals surface area contributed by atoms with E-state index < -0.39 is 12.1 Å². The number of hydrogen-bond donors (Lipinski definition) is 2. The topological polar surface area (TPSA) is 121 Å². The summed E-state index contributed by atoms with van der Waals surface area (Å²) in [6, 6.07) is 8.56. The minimum Gasteiger partial charge on any atom is -0.494 e. The second-order valence-electron chi connectivity index (χ2n) is 10.1. The van der Waals surface area contributed by atoms with Crippen molar-refractivity contribution in [3.63, 3.8) is 0 Å². The Kier molecular flexibility index (Phi) is 9.99. The number of carbonyl (C=O) groups is 3. The van der Waals surface area contributed by atoms with Crippen LogP contribution in [0.25, 0.3) is 0 Å². The number of anilines is 1. The van der Waals surface area contributed by atoms with Crippen molar-refractivity contribution in [2.75, 3.05) is 38.1 Å². The molecule has 1 saturated heterocycles. The summed E-state index contributed by atoms with van der Waals surface area (Å²) in [6.45, 7) is 3.98. The number of pyridine rings is 1. The van der Waals surface area contributed by atoms with E-state index in [1.165, 1.54) is 44.5 Å². The number of nitrogens with one attached hydrogen (secondary N) is 1. The zero-order chi connectivity index (χ0) is 27.6. The van der Waals surface area contributed by atoms with Gasteiger partial charge in [0.05, 0.1) is 24.7 Å². The third-order valence-corrected chi connectivity index (χ3v) is 7.34. The monoisotopic (exact) mass is 538 g/mol. The van der Waals surface area contributed by atoms with E-state index in [1.807, 2.05) is 12.1 Å². The molecule has 2 fully saturated rings. The van der Waals surface area contributed by atoms with Gasteiger partial charge in [-0.2, -0.15) is 0 Å². The van der Waals surface area contributed by atoms with Crippen LogP contribution in [0.3, 0.4) is 0 Å². The molecule has 3 amide bonds. The third-order valence-electron chi connectivity index (χ3n) is 7.34. The molecule has 2 aromatic rings. The van der Waals surface area contributed by atoms with Crippen LogP contribution in [-0.2, 0) is 4.79 Å². The number of carbonyl (C=O) groups excluding carboxylic acids is 2. The van der Waals surface area contributed by atoms with Crippen LogP contribution in [0.1, 0.15) is 62.2 Å². The van der Waals surface area contributed by atoms with Crippen molar-refractivity contribution < 1.29 is 29.0 Å². The molecule has 1 aliphatic heterocycles. The van der Waals surface area contributed by atoms with Gasteiger partial charge in [-0.3, -0.25) is 9.78 Å². The van der Waals surface area contributed by atoms with Gasteiger partial charge in [0, 0.05) is 37.8 Å². The van der Waals surface area contributed by atoms with E-state index in [1.54, 1.807) is 34.9 Å². The molecule has 4 rings (SSSR count). The average molecular weight is 539 g/mol. The van der Waals surface area contributed by atoms with E-state index in [9.17, 15) is 19.5 Å². The summed E-state index contributed by atoms with van der Waals surface area (Å²) in [5.74, 6) is 0.579. The van der Waals surface area contributed by atoms with Gasteiger partial charge in [-0.05, 0) is 37.0 Å². The van der Waals surface area contributed by atoms with Gasteiger partial charge in [-0.25, -0.2) is 9.59 Å². The Morgan fingerprint density at radius 2 is 1.77 bits per heavy atom. The molecule has 0 bridgehead atoms. The van der Waals surface area contributed by atoms with Gasteiger partial charge < -0.3 is 29.7 Å². The number of aliphatic carboxylic acids is 1. The van der Waals surface area contributed by atoms with Crippen molar-refractivity contribution in [1.29, 1.82) is 0 Å². The molecule has 39 heavy (non-hydrogen) atoms. The maximum atomic E-state index is 13.1. The largest absolute Gasteiger partial charge is 0.494 e. The van der Waals surface area contributed by atoms with Crippen molar-refractivity contribution in [2.45, 2.75) is 58.0 Å². The lowest BCUT2D eigenvalue weighted by atomic mass is 9.87. The van der Waals surface area contributed by atoms with E-state index in [4.69, 9.17) is 9.47 Å². The van der Waals surface area contributed by atoms with Crippen LogP contribution in [-0.4, -0.2) is 76.7 Å². The Balaban J connectivity index is 1.24. The Labute approximate surface area is 229 Å². The normalized spacial score (nSPS) is 16.8. The predicted molar refractivity (Wildman–Crippen MR) is 146 cm³/mol. The summed E-state index contributed by atoms with van der Waals surface area (Å²) in [5.41, 5.74) is 0.981. The van der Waals surface area contributed by atoms with Gasteiger partial charge >= 0.3 is 12.0 Å². The number of amides is 3. The van der Waals surface area contributed by atoms with Crippen molar-refractivity contribution >= 4 is 23.6 Å². The second kappa shape index (κ2) is 13.8. The molecule has 10 nitrogen and oxygen atoms in total. The molecule has 0 spiro atoms. The van der Waals surface area contributed by atoms with Gasteiger partial charge in [-0.1, -0.05) is 45.1 Å². The van der Waals surface area contributed by atoms with Crippen LogP contribution in [0.2, 0.25) is 0 Å². The zero-order valence-corrected chi connectivity index (χ0v) is 22.5. The Hall–Kier alpha value is -3.82. The minimum absolute atomic E-state index is 0.0780. The van der Waals surface area contributed by atoms with Crippen LogP contribution in [0, 0.1) is 5.92 Å². The molecule has 210 valence electrons. The average Bonchev–Trinajstić information content (AvgIpc) is 2.96. The first-order valence-electron chi connectivity index (χ1n) is 13.9. The van der Waals surface area contributed by atoms with E-state index in [-0.39, 0.29) is 17.7 Å². The van der Waals surface area contributed by atoms with Gasteiger partial charge in [-0.15, -0.1) is 0 Å². The quantitative estimate of drug-likeness (QED) is 0.451. The van der Waals surface area contributed by atoms with Crippen LogP contribution in [0.5, 0.6) is 11.5 Å². The molecule has 2 aliphatic rings. The molecular formula is C29H38N4O6. The summed E-state index contributed by atoms with van der Waals surface area (Å²) in [4.78, 5) is 44.6. The summed E-state index contributed by atoms with van der Waals surface area (Å²) >= 11 is 0. The number of hydrogen-bond acceptors (Lipinski definition) is 6. The number of rotatable bonds is 10. The van der Waals surface area contributed by atoms with Crippen LogP contribution < -0.4 is 14.8 Å². The maximum absolute atomic E-state index is 13.1.